The summed E-state index contributed by atoms with van der Waals surface area (Å²) in [5.74, 6) is -1.59. The van der Waals surface area contributed by atoms with Crippen LogP contribution in [0.25, 0.3) is 0 Å². The molecule has 5 nitrogen and oxygen atoms in total. The molecule has 0 saturated heterocycles. The number of benzene rings is 1. The predicted molar refractivity (Wildman–Crippen MR) is 85.1 cm³/mol. The minimum atomic E-state index is -1.11. The van der Waals surface area contributed by atoms with Crippen LogP contribution in [-0.2, 0) is 10.2 Å². The van der Waals surface area contributed by atoms with Crippen molar-refractivity contribution in [2.75, 3.05) is 0 Å². The van der Waals surface area contributed by atoms with Gasteiger partial charge in [-0.25, -0.2) is 9.78 Å². The molecule has 2 N–H and O–H groups in total. The van der Waals surface area contributed by atoms with Crippen molar-refractivity contribution in [3.05, 3.63) is 52.0 Å². The van der Waals surface area contributed by atoms with E-state index in [4.69, 9.17) is 0 Å². The molecule has 1 aromatic carbocycles. The van der Waals surface area contributed by atoms with Gasteiger partial charge in [0.25, 0.3) is 5.91 Å². The topological polar surface area (TPSA) is 79.3 Å². The van der Waals surface area contributed by atoms with E-state index in [9.17, 15) is 14.7 Å². The Morgan fingerprint density at radius 2 is 1.86 bits per heavy atom. The molecule has 22 heavy (non-hydrogen) atoms. The molecule has 0 bridgehead atoms. The molecule has 1 amide bonds. The van der Waals surface area contributed by atoms with Gasteiger partial charge in [-0.3, -0.25) is 4.79 Å². The summed E-state index contributed by atoms with van der Waals surface area (Å²) in [7, 11) is 0. The molecule has 0 unspecified atom stereocenters. The second kappa shape index (κ2) is 6.27. The highest BCUT2D eigenvalue weighted by Crippen LogP contribution is 2.25. The third-order valence-electron chi connectivity index (χ3n) is 3.03. The van der Waals surface area contributed by atoms with Gasteiger partial charge in [-0.15, -0.1) is 11.3 Å². The third-order valence-corrected chi connectivity index (χ3v) is 4.30. The summed E-state index contributed by atoms with van der Waals surface area (Å²) in [5, 5.41) is 14.3. The van der Waals surface area contributed by atoms with Gasteiger partial charge in [-0.1, -0.05) is 51.1 Å². The van der Waals surface area contributed by atoms with E-state index in [1.54, 1.807) is 35.7 Å². The van der Waals surface area contributed by atoms with Crippen LogP contribution >= 0.6 is 11.3 Å². The van der Waals surface area contributed by atoms with E-state index in [0.29, 0.717) is 5.56 Å². The van der Waals surface area contributed by atoms with E-state index in [2.05, 4.69) is 10.3 Å². The molecule has 2 aromatic rings. The zero-order chi connectivity index (χ0) is 16.3. The van der Waals surface area contributed by atoms with Crippen molar-refractivity contribution < 1.29 is 14.7 Å². The number of aromatic nitrogens is 1. The van der Waals surface area contributed by atoms with Gasteiger partial charge >= 0.3 is 5.97 Å². The van der Waals surface area contributed by atoms with E-state index in [1.165, 1.54) is 11.3 Å². The SMILES string of the molecule is CC(C)(C)c1nc(C(=O)N[C@@H](C(=O)O)c2ccccc2)cs1. The summed E-state index contributed by atoms with van der Waals surface area (Å²) in [6.45, 7) is 6.03. The number of nitrogens with zero attached hydrogens (tertiary/aromatic N) is 1. The lowest BCUT2D eigenvalue weighted by molar-refractivity contribution is -0.139. The van der Waals surface area contributed by atoms with Crippen molar-refractivity contribution in [3.63, 3.8) is 0 Å². The molecule has 0 saturated carbocycles. The van der Waals surface area contributed by atoms with Crippen molar-refractivity contribution in [1.29, 1.82) is 0 Å². The molecule has 6 heteroatoms. The second-order valence-corrected chi connectivity index (χ2v) is 6.80. The average Bonchev–Trinajstić information content (AvgIpc) is 2.95. The third kappa shape index (κ3) is 3.71. The Bertz CT molecular complexity index is 674. The Morgan fingerprint density at radius 1 is 1.23 bits per heavy atom. The number of carbonyl (C=O) groups excluding carboxylic acids is 1. The van der Waals surface area contributed by atoms with E-state index in [1.807, 2.05) is 20.8 Å². The highest BCUT2D eigenvalue weighted by Gasteiger charge is 2.25. The molecule has 0 spiro atoms. The average molecular weight is 318 g/mol. The predicted octanol–water partition coefficient (Wildman–Crippen LogP) is 3.00. The van der Waals surface area contributed by atoms with Crippen molar-refractivity contribution >= 4 is 23.2 Å². The van der Waals surface area contributed by atoms with Crippen molar-refractivity contribution in [1.82, 2.24) is 10.3 Å². The van der Waals surface area contributed by atoms with Gasteiger partial charge in [-0.05, 0) is 5.56 Å². The van der Waals surface area contributed by atoms with Gasteiger partial charge in [0.15, 0.2) is 6.04 Å². The molecule has 0 aliphatic heterocycles. The fraction of sp³-hybridized carbons (Fsp3) is 0.312. The lowest BCUT2D eigenvalue weighted by Crippen LogP contribution is -2.34. The number of amides is 1. The van der Waals surface area contributed by atoms with Gasteiger partial charge in [0, 0.05) is 10.8 Å². The fourth-order valence-electron chi connectivity index (χ4n) is 1.86. The van der Waals surface area contributed by atoms with Crippen LogP contribution in [0.4, 0.5) is 0 Å². The van der Waals surface area contributed by atoms with E-state index in [-0.39, 0.29) is 11.1 Å². The zero-order valence-corrected chi connectivity index (χ0v) is 13.5. The van der Waals surface area contributed by atoms with Crippen LogP contribution < -0.4 is 5.32 Å². The maximum Gasteiger partial charge on any atom is 0.330 e. The number of nitrogens with one attached hydrogen (secondary N) is 1. The number of carboxylic acids is 1. The van der Waals surface area contributed by atoms with Crippen LogP contribution in [0, 0.1) is 0 Å². The molecule has 0 aliphatic carbocycles. The Hall–Kier alpha value is -2.21. The summed E-state index contributed by atoms with van der Waals surface area (Å²) >= 11 is 1.40. The van der Waals surface area contributed by atoms with Crippen LogP contribution in [0.3, 0.4) is 0 Å². The molecule has 0 aliphatic rings. The van der Waals surface area contributed by atoms with Gasteiger partial charge < -0.3 is 10.4 Å². The first-order valence-electron chi connectivity index (χ1n) is 6.83. The molecule has 1 aromatic heterocycles. The van der Waals surface area contributed by atoms with Gasteiger partial charge in [0.1, 0.15) is 5.69 Å². The molecule has 116 valence electrons. The van der Waals surface area contributed by atoms with Crippen LogP contribution in [0.15, 0.2) is 35.7 Å². The maximum atomic E-state index is 12.2. The summed E-state index contributed by atoms with van der Waals surface area (Å²) < 4.78 is 0. The van der Waals surface area contributed by atoms with Crippen molar-refractivity contribution in [2.45, 2.75) is 32.2 Å². The molecular weight excluding hydrogens is 300 g/mol. The normalized spacial score (nSPS) is 12.7. The summed E-state index contributed by atoms with van der Waals surface area (Å²) in [5.41, 5.74) is 0.626. The maximum absolute atomic E-state index is 12.2. The highest BCUT2D eigenvalue weighted by molar-refractivity contribution is 7.10. The van der Waals surface area contributed by atoms with E-state index in [0.717, 1.165) is 5.01 Å². The van der Waals surface area contributed by atoms with Crippen LogP contribution in [0.1, 0.15) is 47.9 Å². The number of rotatable bonds is 4. The first-order valence-corrected chi connectivity index (χ1v) is 7.71. The van der Waals surface area contributed by atoms with E-state index < -0.39 is 17.9 Å². The van der Waals surface area contributed by atoms with Crippen molar-refractivity contribution in [3.8, 4) is 0 Å². The largest absolute Gasteiger partial charge is 0.479 e. The first-order chi connectivity index (χ1) is 10.3. The van der Waals surface area contributed by atoms with Gasteiger partial charge in [0.2, 0.25) is 0 Å². The molecule has 1 atom stereocenters. The number of thiazole rings is 1. The number of hydrogen-bond donors (Lipinski definition) is 2. The van der Waals surface area contributed by atoms with E-state index >= 15 is 0 Å². The smallest absolute Gasteiger partial charge is 0.330 e. The first kappa shape index (κ1) is 16.2. The minimum absolute atomic E-state index is 0.144. The van der Waals surface area contributed by atoms with Gasteiger partial charge in [0.05, 0.1) is 5.01 Å². The minimum Gasteiger partial charge on any atom is -0.479 e. The zero-order valence-electron chi connectivity index (χ0n) is 12.7. The second-order valence-electron chi connectivity index (χ2n) is 5.94. The summed E-state index contributed by atoms with van der Waals surface area (Å²) in [6.07, 6.45) is 0. The van der Waals surface area contributed by atoms with Gasteiger partial charge in [-0.2, -0.15) is 0 Å². The summed E-state index contributed by atoms with van der Waals surface area (Å²) in [4.78, 5) is 27.9. The Labute approximate surface area is 133 Å². The number of hydrogen-bond acceptors (Lipinski definition) is 4. The number of aliphatic carboxylic acids is 1. The standard InChI is InChI=1S/C16H18N2O3S/c1-16(2,3)15-17-11(9-22-15)13(19)18-12(14(20)21)10-7-5-4-6-8-10/h4-9,12H,1-3H3,(H,18,19)(H,20,21)/t12-/m1/s1. The Balaban J connectivity index is 2.19. The lowest BCUT2D eigenvalue weighted by atomic mass is 9.98. The molecule has 1 heterocycles. The quantitative estimate of drug-likeness (QED) is 0.908. The summed E-state index contributed by atoms with van der Waals surface area (Å²) in [6, 6.07) is 7.51. The Kier molecular flexibility index (Phi) is 4.61. The number of carbonyl (C=O) groups is 2. The monoisotopic (exact) mass is 318 g/mol. The highest BCUT2D eigenvalue weighted by atomic mass is 32.1. The molecular formula is C16H18N2O3S. The van der Waals surface area contributed by atoms with Crippen molar-refractivity contribution in [2.24, 2.45) is 0 Å². The Morgan fingerprint density at radius 3 is 2.36 bits per heavy atom. The van der Waals surface area contributed by atoms with Crippen LogP contribution in [0.2, 0.25) is 0 Å². The fourth-order valence-corrected chi connectivity index (χ4v) is 2.75. The van der Waals surface area contributed by atoms with Crippen LogP contribution in [0.5, 0.6) is 0 Å². The lowest BCUT2D eigenvalue weighted by Gasteiger charge is -2.15. The molecule has 0 fully saturated rings. The molecule has 0 radical (unpaired) electrons. The molecule has 2 rings (SSSR count). The van der Waals surface area contributed by atoms with Crippen LogP contribution in [-0.4, -0.2) is 22.0 Å². The number of carboxylic acid groups (broad SMARTS) is 1.